The van der Waals surface area contributed by atoms with Crippen LogP contribution in [0.3, 0.4) is 0 Å². The van der Waals surface area contributed by atoms with E-state index in [1.807, 2.05) is 31.2 Å². The molecule has 0 bridgehead atoms. The van der Waals surface area contributed by atoms with E-state index < -0.39 is 42.5 Å². The molecule has 2 aromatic carbocycles. The van der Waals surface area contributed by atoms with Crippen LogP contribution >= 0.6 is 11.6 Å². The van der Waals surface area contributed by atoms with Crippen LogP contribution in [0.2, 0.25) is 5.02 Å². The number of hydrogen-bond acceptors (Lipinski definition) is 7. The lowest BCUT2D eigenvalue weighted by atomic mass is 9.82. The highest BCUT2D eigenvalue weighted by Gasteiger charge is 2.57. The van der Waals surface area contributed by atoms with Gasteiger partial charge in [-0.25, -0.2) is 0 Å². The molecule has 0 saturated carbocycles. The topological polar surface area (TPSA) is 142 Å². The Bertz CT molecular complexity index is 923. The molecular formula is C22H26ClNO7. The van der Waals surface area contributed by atoms with Gasteiger partial charge in [-0.1, -0.05) is 35.9 Å². The van der Waals surface area contributed by atoms with Crippen LogP contribution in [-0.2, 0) is 16.0 Å². The van der Waals surface area contributed by atoms with Gasteiger partial charge in [0.15, 0.2) is 5.60 Å². The van der Waals surface area contributed by atoms with E-state index in [1.54, 1.807) is 18.2 Å². The molecule has 1 aliphatic heterocycles. The normalized spacial score (nSPS) is 28.3. The third-order valence-corrected chi connectivity index (χ3v) is 5.85. The molecule has 0 spiro atoms. The summed E-state index contributed by atoms with van der Waals surface area (Å²) in [6.07, 6.45) is -5.97. The first kappa shape index (κ1) is 23.5. The molecule has 31 heavy (non-hydrogen) atoms. The van der Waals surface area contributed by atoms with Crippen molar-refractivity contribution in [2.45, 2.75) is 43.4 Å². The number of primary amides is 1. The number of aliphatic hydroxyl groups excluding tert-OH is 4. The molecule has 1 fully saturated rings. The molecule has 9 heteroatoms. The minimum atomic E-state index is -2.25. The first-order valence-electron chi connectivity index (χ1n) is 9.86. The Balaban J connectivity index is 1.91. The average Bonchev–Trinajstić information content (AvgIpc) is 2.76. The van der Waals surface area contributed by atoms with Crippen molar-refractivity contribution in [2.24, 2.45) is 5.73 Å². The summed E-state index contributed by atoms with van der Waals surface area (Å²) in [7, 11) is 0. The minimum Gasteiger partial charge on any atom is -0.494 e. The van der Waals surface area contributed by atoms with Crippen molar-refractivity contribution >= 4 is 17.5 Å². The molecule has 0 radical (unpaired) electrons. The summed E-state index contributed by atoms with van der Waals surface area (Å²) in [6.45, 7) is 1.51. The van der Waals surface area contributed by atoms with E-state index in [0.717, 1.165) is 11.3 Å². The highest BCUT2D eigenvalue weighted by Crippen LogP contribution is 2.39. The van der Waals surface area contributed by atoms with Crippen molar-refractivity contribution in [1.29, 1.82) is 0 Å². The fraction of sp³-hybridized carbons (Fsp3) is 0.409. The van der Waals surface area contributed by atoms with Gasteiger partial charge in [0.05, 0.1) is 13.2 Å². The van der Waals surface area contributed by atoms with Crippen molar-refractivity contribution < 1.29 is 34.7 Å². The van der Waals surface area contributed by atoms with E-state index >= 15 is 0 Å². The van der Waals surface area contributed by atoms with Crippen LogP contribution in [0.15, 0.2) is 42.5 Å². The lowest BCUT2D eigenvalue weighted by Crippen LogP contribution is -2.68. The summed E-state index contributed by atoms with van der Waals surface area (Å²) in [5.74, 6) is -0.397. The largest absolute Gasteiger partial charge is 0.494 e. The highest BCUT2D eigenvalue weighted by molar-refractivity contribution is 6.31. The molecule has 5 atom stereocenters. The van der Waals surface area contributed by atoms with E-state index in [0.29, 0.717) is 29.2 Å². The molecule has 0 unspecified atom stereocenters. The number of hydrogen-bond donors (Lipinski definition) is 5. The predicted octanol–water partition coefficient (Wildman–Crippen LogP) is 0.700. The molecule has 1 saturated heterocycles. The summed E-state index contributed by atoms with van der Waals surface area (Å²) in [5.41, 5.74) is 5.17. The number of halogens is 1. The van der Waals surface area contributed by atoms with Gasteiger partial charge in [-0.3, -0.25) is 4.79 Å². The quantitative estimate of drug-likeness (QED) is 0.417. The van der Waals surface area contributed by atoms with Crippen LogP contribution in [0.1, 0.15) is 29.7 Å². The molecule has 3 rings (SSSR count). The van der Waals surface area contributed by atoms with Gasteiger partial charge in [0, 0.05) is 5.02 Å². The Morgan fingerprint density at radius 3 is 2.42 bits per heavy atom. The van der Waals surface area contributed by atoms with Gasteiger partial charge in [0.25, 0.3) is 5.91 Å². The second-order valence-corrected chi connectivity index (χ2v) is 7.89. The molecule has 8 nitrogen and oxygen atoms in total. The van der Waals surface area contributed by atoms with Crippen molar-refractivity contribution in [3.8, 4) is 5.75 Å². The number of amides is 1. The molecule has 1 amide bonds. The molecule has 168 valence electrons. The Morgan fingerprint density at radius 2 is 1.84 bits per heavy atom. The summed E-state index contributed by atoms with van der Waals surface area (Å²) in [6, 6.07) is 12.4. The number of nitrogens with two attached hydrogens (primary N) is 1. The van der Waals surface area contributed by atoms with E-state index in [4.69, 9.17) is 26.8 Å². The lowest BCUT2D eigenvalue weighted by molar-refractivity contribution is -0.269. The molecule has 1 heterocycles. The van der Waals surface area contributed by atoms with Crippen LogP contribution in [0.25, 0.3) is 0 Å². The third-order valence-electron chi connectivity index (χ3n) is 5.48. The van der Waals surface area contributed by atoms with E-state index in [9.17, 15) is 25.2 Å². The second-order valence-electron chi connectivity index (χ2n) is 7.48. The van der Waals surface area contributed by atoms with Crippen LogP contribution in [0.5, 0.6) is 5.75 Å². The average molecular weight is 452 g/mol. The van der Waals surface area contributed by atoms with Gasteiger partial charge in [-0.15, -0.1) is 0 Å². The fourth-order valence-electron chi connectivity index (χ4n) is 3.68. The monoisotopic (exact) mass is 451 g/mol. The number of aliphatic hydroxyl groups is 4. The Hall–Kier alpha value is -2.20. The van der Waals surface area contributed by atoms with Gasteiger partial charge in [-0.2, -0.15) is 0 Å². The molecule has 6 N–H and O–H groups in total. The zero-order valence-electron chi connectivity index (χ0n) is 16.9. The van der Waals surface area contributed by atoms with E-state index in [2.05, 4.69) is 0 Å². The summed E-state index contributed by atoms with van der Waals surface area (Å²) >= 11 is 6.36. The molecule has 0 aromatic heterocycles. The Kier molecular flexibility index (Phi) is 7.20. The number of benzene rings is 2. The van der Waals surface area contributed by atoms with E-state index in [1.165, 1.54) is 0 Å². The first-order chi connectivity index (χ1) is 14.7. The van der Waals surface area contributed by atoms with E-state index in [-0.39, 0.29) is 0 Å². The standard InChI is InChI=1S/C22H26ClNO7/c1-2-30-15-6-3-12(4-7-15)9-14-10-13(5-8-16(14)23)19-17(26)18(27)20(28)22(11-25,31-19)21(24)29/h3-8,10,17-20,25-28H,2,9,11H2,1H3,(H2,24,29)/t17-,18-,19+,20+,22+/m1/s1. The number of rotatable bonds is 7. The number of ether oxygens (including phenoxy) is 2. The highest BCUT2D eigenvalue weighted by atomic mass is 35.5. The third kappa shape index (κ3) is 4.55. The number of carbonyl (C=O) groups excluding carboxylic acids is 1. The fourth-order valence-corrected chi connectivity index (χ4v) is 3.87. The molecular weight excluding hydrogens is 426 g/mol. The van der Waals surface area contributed by atoms with Crippen LogP contribution in [-0.4, -0.2) is 63.5 Å². The smallest absolute Gasteiger partial charge is 0.254 e. The SMILES string of the molecule is CCOc1ccc(Cc2cc([C@@H]3O[C@](CO)(C(N)=O)[C@@H](O)[C@H](O)[C@H]3O)ccc2Cl)cc1. The summed E-state index contributed by atoms with van der Waals surface area (Å²) in [5, 5.41) is 41.2. The molecule has 1 aliphatic rings. The second kappa shape index (κ2) is 9.52. The zero-order chi connectivity index (χ0) is 22.8. The number of carbonyl (C=O) groups is 1. The predicted molar refractivity (Wildman–Crippen MR) is 113 cm³/mol. The van der Waals surface area contributed by atoms with Crippen molar-refractivity contribution in [3.63, 3.8) is 0 Å². The van der Waals surface area contributed by atoms with Crippen molar-refractivity contribution in [2.75, 3.05) is 13.2 Å². The van der Waals surface area contributed by atoms with Crippen LogP contribution in [0, 0.1) is 0 Å². The molecule has 2 aromatic rings. The Morgan fingerprint density at radius 1 is 1.16 bits per heavy atom. The van der Waals surface area contributed by atoms with Crippen LogP contribution < -0.4 is 10.5 Å². The Labute approximate surface area is 184 Å². The maximum atomic E-state index is 11.9. The lowest BCUT2D eigenvalue weighted by Gasteiger charge is -2.46. The van der Waals surface area contributed by atoms with Gasteiger partial charge < -0.3 is 35.6 Å². The van der Waals surface area contributed by atoms with Crippen molar-refractivity contribution in [1.82, 2.24) is 0 Å². The van der Waals surface area contributed by atoms with Gasteiger partial charge in [-0.05, 0) is 48.2 Å². The van der Waals surface area contributed by atoms with Crippen molar-refractivity contribution in [3.05, 3.63) is 64.2 Å². The minimum absolute atomic E-state index is 0.405. The van der Waals surface area contributed by atoms with Gasteiger partial charge >= 0.3 is 0 Å². The maximum absolute atomic E-state index is 11.9. The summed E-state index contributed by atoms with van der Waals surface area (Å²) < 4.78 is 11.0. The van der Waals surface area contributed by atoms with Gasteiger partial charge in [0.2, 0.25) is 0 Å². The maximum Gasteiger partial charge on any atom is 0.254 e. The van der Waals surface area contributed by atoms with Crippen LogP contribution in [0.4, 0.5) is 0 Å². The van der Waals surface area contributed by atoms with Gasteiger partial charge in [0.1, 0.15) is 30.2 Å². The first-order valence-corrected chi connectivity index (χ1v) is 10.2. The summed E-state index contributed by atoms with van der Waals surface area (Å²) in [4.78, 5) is 11.9. The zero-order valence-corrected chi connectivity index (χ0v) is 17.7. The molecule has 0 aliphatic carbocycles.